The number of amides is 1. The predicted molar refractivity (Wildman–Crippen MR) is 59.1 cm³/mol. The summed E-state index contributed by atoms with van der Waals surface area (Å²) in [7, 11) is 0. The van der Waals surface area contributed by atoms with Crippen LogP contribution in [0.3, 0.4) is 0 Å². The van der Waals surface area contributed by atoms with Gasteiger partial charge in [-0.3, -0.25) is 4.79 Å². The van der Waals surface area contributed by atoms with Gasteiger partial charge in [-0.15, -0.1) is 0 Å². The molecular weight excluding hydrogens is 204 g/mol. The minimum atomic E-state index is 0.114. The molecule has 0 aromatic carbocycles. The van der Waals surface area contributed by atoms with Crippen molar-refractivity contribution in [3.8, 4) is 0 Å². The van der Waals surface area contributed by atoms with Gasteiger partial charge in [0.2, 0.25) is 0 Å². The number of rotatable bonds is 1. The highest BCUT2D eigenvalue weighted by Gasteiger charge is 2.36. The summed E-state index contributed by atoms with van der Waals surface area (Å²) in [5.41, 5.74) is 0.673. The van der Waals surface area contributed by atoms with Gasteiger partial charge in [0.1, 0.15) is 6.26 Å². The minimum Gasteiger partial charge on any atom is -0.472 e. The first-order valence-electron chi connectivity index (χ1n) is 5.87. The fourth-order valence-electron chi connectivity index (χ4n) is 2.81. The number of hydrogen-bond donors (Lipinski definition) is 1. The number of carbonyl (C=O) groups excluding carboxylic acids is 1. The molecule has 3 heterocycles. The Morgan fingerprint density at radius 2 is 2.31 bits per heavy atom. The second-order valence-corrected chi connectivity index (χ2v) is 4.74. The van der Waals surface area contributed by atoms with Gasteiger partial charge in [-0.05, 0) is 37.4 Å². The van der Waals surface area contributed by atoms with Crippen molar-refractivity contribution in [3.05, 3.63) is 24.2 Å². The van der Waals surface area contributed by atoms with E-state index >= 15 is 0 Å². The minimum absolute atomic E-state index is 0.114. The zero-order valence-corrected chi connectivity index (χ0v) is 9.19. The summed E-state index contributed by atoms with van der Waals surface area (Å²) in [5.74, 6) is 1.45. The molecule has 2 atom stereocenters. The van der Waals surface area contributed by atoms with Gasteiger partial charge in [-0.25, -0.2) is 0 Å². The predicted octanol–water partition coefficient (Wildman–Crippen LogP) is 0.961. The molecule has 1 N–H and O–H groups in total. The first-order valence-corrected chi connectivity index (χ1v) is 5.87. The Morgan fingerprint density at radius 3 is 3.06 bits per heavy atom. The Bertz CT molecular complexity index is 360. The molecule has 2 fully saturated rings. The van der Waals surface area contributed by atoms with Gasteiger partial charge in [0.15, 0.2) is 0 Å². The molecule has 0 bridgehead atoms. The Hall–Kier alpha value is -1.29. The maximum absolute atomic E-state index is 12.1. The van der Waals surface area contributed by atoms with E-state index in [1.54, 1.807) is 12.3 Å². The van der Waals surface area contributed by atoms with Gasteiger partial charge in [-0.2, -0.15) is 0 Å². The van der Waals surface area contributed by atoms with Crippen LogP contribution in [0.15, 0.2) is 23.0 Å². The molecule has 2 saturated heterocycles. The molecule has 16 heavy (non-hydrogen) atoms. The molecule has 2 aliphatic heterocycles. The van der Waals surface area contributed by atoms with E-state index in [4.69, 9.17) is 4.42 Å². The highest BCUT2D eigenvalue weighted by Crippen LogP contribution is 2.28. The van der Waals surface area contributed by atoms with Crippen LogP contribution in [0.4, 0.5) is 0 Å². The Kier molecular flexibility index (Phi) is 2.44. The lowest BCUT2D eigenvalue weighted by Gasteiger charge is -2.23. The van der Waals surface area contributed by atoms with Crippen LogP contribution in [-0.2, 0) is 0 Å². The van der Waals surface area contributed by atoms with Crippen molar-refractivity contribution in [1.82, 2.24) is 10.2 Å². The topological polar surface area (TPSA) is 45.5 Å². The number of piperidine rings is 1. The molecule has 1 aromatic heterocycles. The summed E-state index contributed by atoms with van der Waals surface area (Å²) in [6, 6.07) is 1.74. The zero-order valence-electron chi connectivity index (χ0n) is 9.19. The van der Waals surface area contributed by atoms with E-state index in [1.165, 1.54) is 12.7 Å². The number of fused-ring (bicyclic) bond motifs is 1. The van der Waals surface area contributed by atoms with Crippen molar-refractivity contribution < 1.29 is 9.21 Å². The molecule has 4 nitrogen and oxygen atoms in total. The SMILES string of the molecule is O=C(c1ccoc1)N1CC2CCNCC2C1. The van der Waals surface area contributed by atoms with Crippen molar-refractivity contribution in [2.75, 3.05) is 26.2 Å². The van der Waals surface area contributed by atoms with E-state index in [2.05, 4.69) is 5.32 Å². The molecule has 1 amide bonds. The average molecular weight is 220 g/mol. The third-order valence-electron chi connectivity index (χ3n) is 3.73. The summed E-state index contributed by atoms with van der Waals surface area (Å²) in [4.78, 5) is 14.1. The molecule has 0 saturated carbocycles. The first kappa shape index (κ1) is 9.90. The highest BCUT2D eigenvalue weighted by molar-refractivity contribution is 5.94. The smallest absolute Gasteiger partial charge is 0.257 e. The Balaban J connectivity index is 1.71. The van der Waals surface area contributed by atoms with Gasteiger partial charge in [-0.1, -0.05) is 0 Å². The molecule has 0 aliphatic carbocycles. The average Bonchev–Trinajstić information content (AvgIpc) is 2.97. The van der Waals surface area contributed by atoms with Crippen molar-refractivity contribution in [3.63, 3.8) is 0 Å². The molecule has 3 rings (SSSR count). The number of furan rings is 1. The van der Waals surface area contributed by atoms with E-state index in [1.807, 2.05) is 4.90 Å². The van der Waals surface area contributed by atoms with Gasteiger partial charge in [0.25, 0.3) is 5.91 Å². The quantitative estimate of drug-likeness (QED) is 0.766. The summed E-state index contributed by atoms with van der Waals surface area (Å²) in [6.45, 7) is 3.95. The largest absolute Gasteiger partial charge is 0.472 e. The van der Waals surface area contributed by atoms with Crippen LogP contribution in [0.2, 0.25) is 0 Å². The third-order valence-corrected chi connectivity index (χ3v) is 3.73. The van der Waals surface area contributed by atoms with E-state index in [9.17, 15) is 4.79 Å². The second kappa shape index (κ2) is 3.94. The van der Waals surface area contributed by atoms with Crippen LogP contribution in [-0.4, -0.2) is 37.0 Å². The van der Waals surface area contributed by atoms with Crippen molar-refractivity contribution in [2.45, 2.75) is 6.42 Å². The normalized spacial score (nSPS) is 29.1. The van der Waals surface area contributed by atoms with Crippen molar-refractivity contribution >= 4 is 5.91 Å². The standard InChI is InChI=1S/C12H16N2O2/c15-12(10-2-4-16-8-10)14-6-9-1-3-13-5-11(9)7-14/h2,4,8-9,11,13H,1,3,5-7H2. The number of nitrogens with zero attached hydrogens (tertiary/aromatic N) is 1. The maximum atomic E-state index is 12.1. The molecule has 0 radical (unpaired) electrons. The molecule has 2 aliphatic rings. The summed E-state index contributed by atoms with van der Waals surface area (Å²) in [5, 5.41) is 3.39. The van der Waals surface area contributed by atoms with Crippen molar-refractivity contribution in [2.24, 2.45) is 11.8 Å². The summed E-state index contributed by atoms with van der Waals surface area (Å²) in [6.07, 6.45) is 4.28. The zero-order chi connectivity index (χ0) is 11.0. The summed E-state index contributed by atoms with van der Waals surface area (Å²) < 4.78 is 4.95. The number of hydrogen-bond acceptors (Lipinski definition) is 3. The Labute approximate surface area is 94.6 Å². The molecule has 1 aromatic rings. The highest BCUT2D eigenvalue weighted by atomic mass is 16.3. The van der Waals surface area contributed by atoms with E-state index in [0.29, 0.717) is 17.4 Å². The second-order valence-electron chi connectivity index (χ2n) is 4.74. The summed E-state index contributed by atoms with van der Waals surface area (Å²) >= 11 is 0. The maximum Gasteiger partial charge on any atom is 0.257 e. The van der Waals surface area contributed by atoms with Crippen LogP contribution in [0.25, 0.3) is 0 Å². The number of nitrogens with one attached hydrogen (secondary N) is 1. The third kappa shape index (κ3) is 1.63. The van der Waals surface area contributed by atoms with Crippen LogP contribution in [0, 0.1) is 11.8 Å². The van der Waals surface area contributed by atoms with Crippen LogP contribution in [0.1, 0.15) is 16.8 Å². The molecule has 4 heteroatoms. The number of likely N-dealkylation sites (tertiary alicyclic amines) is 1. The van der Waals surface area contributed by atoms with Gasteiger partial charge in [0.05, 0.1) is 11.8 Å². The lowest BCUT2D eigenvalue weighted by molar-refractivity contribution is 0.0784. The fourth-order valence-corrected chi connectivity index (χ4v) is 2.81. The van der Waals surface area contributed by atoms with Crippen LogP contribution in [0.5, 0.6) is 0 Å². The van der Waals surface area contributed by atoms with Crippen LogP contribution >= 0.6 is 0 Å². The van der Waals surface area contributed by atoms with E-state index in [-0.39, 0.29) is 5.91 Å². The lowest BCUT2D eigenvalue weighted by atomic mass is 9.90. The van der Waals surface area contributed by atoms with Crippen molar-refractivity contribution in [1.29, 1.82) is 0 Å². The molecule has 2 unspecified atom stereocenters. The van der Waals surface area contributed by atoms with Gasteiger partial charge >= 0.3 is 0 Å². The monoisotopic (exact) mass is 220 g/mol. The lowest BCUT2D eigenvalue weighted by Crippen LogP contribution is -2.35. The number of carbonyl (C=O) groups is 1. The fraction of sp³-hybridized carbons (Fsp3) is 0.583. The van der Waals surface area contributed by atoms with E-state index in [0.717, 1.165) is 26.2 Å². The Morgan fingerprint density at radius 1 is 1.44 bits per heavy atom. The van der Waals surface area contributed by atoms with Gasteiger partial charge < -0.3 is 14.6 Å². The molecule has 86 valence electrons. The van der Waals surface area contributed by atoms with E-state index < -0.39 is 0 Å². The molecular formula is C12H16N2O2. The van der Waals surface area contributed by atoms with Gasteiger partial charge in [0, 0.05) is 13.1 Å². The molecule has 0 spiro atoms. The van der Waals surface area contributed by atoms with Crippen LogP contribution < -0.4 is 5.32 Å². The first-order chi connectivity index (χ1) is 7.84.